The highest BCUT2D eigenvalue weighted by Gasteiger charge is 2.24. The average molecular weight is 419 g/mol. The fourth-order valence-electron chi connectivity index (χ4n) is 3.23. The van der Waals surface area contributed by atoms with E-state index in [1.165, 1.54) is 0 Å². The van der Waals surface area contributed by atoms with E-state index in [1.807, 2.05) is 17.5 Å². The van der Waals surface area contributed by atoms with Gasteiger partial charge in [-0.1, -0.05) is 23.4 Å². The molecule has 0 N–H and O–H groups in total. The van der Waals surface area contributed by atoms with E-state index < -0.39 is 12.3 Å². The summed E-state index contributed by atoms with van der Waals surface area (Å²) < 4.78 is 35.5. The molecule has 2 aromatic heterocycles. The van der Waals surface area contributed by atoms with Crippen LogP contribution in [0, 0.1) is 0 Å². The SMILES string of the molecule is O=C(c1ccc(-c2noc(C(F)F)n2)cc1)N(Cc1cccs1)CC1CCCO1. The molecule has 1 aliphatic rings. The molecule has 3 aromatic rings. The van der Waals surface area contributed by atoms with Gasteiger partial charge >= 0.3 is 6.43 Å². The third-order valence-electron chi connectivity index (χ3n) is 4.68. The molecule has 0 aliphatic carbocycles. The van der Waals surface area contributed by atoms with Gasteiger partial charge in [0, 0.05) is 29.2 Å². The maximum absolute atomic E-state index is 13.1. The second kappa shape index (κ2) is 8.79. The summed E-state index contributed by atoms with van der Waals surface area (Å²) >= 11 is 1.60. The topological polar surface area (TPSA) is 68.5 Å². The summed E-state index contributed by atoms with van der Waals surface area (Å²) in [5.74, 6) is -0.769. The first-order valence-electron chi connectivity index (χ1n) is 9.25. The van der Waals surface area contributed by atoms with Gasteiger partial charge in [0.05, 0.1) is 12.6 Å². The van der Waals surface area contributed by atoms with E-state index in [0.717, 1.165) is 24.3 Å². The van der Waals surface area contributed by atoms with Gasteiger partial charge in [-0.3, -0.25) is 4.79 Å². The van der Waals surface area contributed by atoms with Gasteiger partial charge in [0.25, 0.3) is 11.8 Å². The molecule has 0 bridgehead atoms. The molecule has 152 valence electrons. The summed E-state index contributed by atoms with van der Waals surface area (Å²) in [7, 11) is 0. The average Bonchev–Trinajstić information content (AvgIpc) is 3.49. The number of carbonyl (C=O) groups is 1. The first-order valence-corrected chi connectivity index (χ1v) is 10.1. The molecule has 29 heavy (non-hydrogen) atoms. The molecule has 0 radical (unpaired) electrons. The zero-order valence-corrected chi connectivity index (χ0v) is 16.3. The quantitative estimate of drug-likeness (QED) is 0.562. The van der Waals surface area contributed by atoms with Crippen molar-refractivity contribution in [3.8, 4) is 11.4 Å². The van der Waals surface area contributed by atoms with Crippen LogP contribution in [0.5, 0.6) is 0 Å². The Hall–Kier alpha value is -2.65. The van der Waals surface area contributed by atoms with Crippen LogP contribution in [-0.4, -0.2) is 40.2 Å². The largest absolute Gasteiger partial charge is 0.376 e. The van der Waals surface area contributed by atoms with E-state index in [4.69, 9.17) is 4.74 Å². The maximum Gasteiger partial charge on any atom is 0.315 e. The number of aromatic nitrogens is 2. The Labute approximate surface area is 170 Å². The molecule has 0 saturated carbocycles. The fourth-order valence-corrected chi connectivity index (χ4v) is 3.95. The van der Waals surface area contributed by atoms with Crippen LogP contribution >= 0.6 is 11.3 Å². The highest BCUT2D eigenvalue weighted by molar-refractivity contribution is 7.09. The maximum atomic E-state index is 13.1. The second-order valence-electron chi connectivity index (χ2n) is 6.73. The number of benzene rings is 1. The Kier molecular flexibility index (Phi) is 5.96. The summed E-state index contributed by atoms with van der Waals surface area (Å²) in [6.07, 6.45) is -0.825. The van der Waals surface area contributed by atoms with Gasteiger partial charge in [-0.25, -0.2) is 0 Å². The third kappa shape index (κ3) is 4.68. The van der Waals surface area contributed by atoms with E-state index in [-0.39, 0.29) is 17.8 Å². The van der Waals surface area contributed by atoms with E-state index in [0.29, 0.717) is 24.2 Å². The Balaban J connectivity index is 1.51. The standard InChI is InChI=1S/C20H19F2N3O3S/c21-17(22)19-23-18(24-28-19)13-5-7-14(8-6-13)20(26)25(11-15-3-1-9-27-15)12-16-4-2-10-29-16/h2,4-8,10,15,17H,1,3,9,11-12H2. The summed E-state index contributed by atoms with van der Waals surface area (Å²) in [4.78, 5) is 19.7. The third-order valence-corrected chi connectivity index (χ3v) is 5.54. The number of carbonyl (C=O) groups excluding carboxylic acids is 1. The van der Waals surface area contributed by atoms with Gasteiger partial charge in [0.1, 0.15) is 0 Å². The van der Waals surface area contributed by atoms with Gasteiger partial charge in [0.2, 0.25) is 5.82 Å². The first-order chi connectivity index (χ1) is 14.1. The Bertz CT molecular complexity index is 938. The predicted octanol–water partition coefficient (Wildman–Crippen LogP) is 4.56. The zero-order valence-electron chi connectivity index (χ0n) is 15.5. The normalized spacial score (nSPS) is 16.4. The van der Waals surface area contributed by atoms with Crippen molar-refractivity contribution in [1.82, 2.24) is 15.0 Å². The monoisotopic (exact) mass is 419 g/mol. The van der Waals surface area contributed by atoms with Crippen LogP contribution in [0.15, 0.2) is 46.3 Å². The van der Waals surface area contributed by atoms with Crippen LogP contribution in [0.1, 0.15) is 40.4 Å². The lowest BCUT2D eigenvalue weighted by molar-refractivity contribution is 0.0509. The molecule has 6 nitrogen and oxygen atoms in total. The lowest BCUT2D eigenvalue weighted by Crippen LogP contribution is -2.36. The molecule has 3 heterocycles. The van der Waals surface area contributed by atoms with Crippen molar-refractivity contribution in [3.63, 3.8) is 0 Å². The number of halogens is 2. The summed E-state index contributed by atoms with van der Waals surface area (Å²) in [5.41, 5.74) is 1.00. The number of thiophene rings is 1. The molecule has 4 rings (SSSR count). The van der Waals surface area contributed by atoms with E-state index >= 15 is 0 Å². The van der Waals surface area contributed by atoms with Gasteiger partial charge in [-0.05, 0) is 36.4 Å². The van der Waals surface area contributed by atoms with Crippen LogP contribution in [-0.2, 0) is 11.3 Å². The van der Waals surface area contributed by atoms with Crippen LogP contribution in [0.2, 0.25) is 0 Å². The van der Waals surface area contributed by atoms with Crippen molar-refractivity contribution in [2.45, 2.75) is 31.9 Å². The molecule has 9 heteroatoms. The fraction of sp³-hybridized carbons (Fsp3) is 0.350. The molecular formula is C20H19F2N3O3S. The number of hydrogen-bond acceptors (Lipinski definition) is 6. The summed E-state index contributed by atoms with van der Waals surface area (Å²) in [6.45, 7) is 1.77. The van der Waals surface area contributed by atoms with Crippen molar-refractivity contribution in [3.05, 3.63) is 58.1 Å². The predicted molar refractivity (Wildman–Crippen MR) is 103 cm³/mol. The smallest absolute Gasteiger partial charge is 0.315 e. The van der Waals surface area contributed by atoms with Gasteiger partial charge in [-0.2, -0.15) is 13.8 Å². The molecular weight excluding hydrogens is 400 g/mol. The summed E-state index contributed by atoms with van der Waals surface area (Å²) in [6, 6.07) is 10.5. The highest BCUT2D eigenvalue weighted by Crippen LogP contribution is 2.23. The molecule has 0 spiro atoms. The molecule has 1 aliphatic heterocycles. The second-order valence-corrected chi connectivity index (χ2v) is 7.77. The van der Waals surface area contributed by atoms with Gasteiger partial charge in [-0.15, -0.1) is 11.3 Å². The van der Waals surface area contributed by atoms with E-state index in [1.54, 1.807) is 40.5 Å². The zero-order chi connectivity index (χ0) is 20.2. The number of ether oxygens (including phenoxy) is 1. The number of nitrogens with zero attached hydrogens (tertiary/aromatic N) is 3. The molecule has 1 atom stereocenters. The lowest BCUT2D eigenvalue weighted by atomic mass is 10.1. The number of amides is 1. The van der Waals surface area contributed by atoms with Gasteiger partial charge < -0.3 is 14.2 Å². The Morgan fingerprint density at radius 2 is 2.10 bits per heavy atom. The van der Waals surface area contributed by atoms with Crippen LogP contribution in [0.25, 0.3) is 11.4 Å². The minimum absolute atomic E-state index is 0.0466. The highest BCUT2D eigenvalue weighted by atomic mass is 32.1. The molecule has 1 unspecified atom stereocenters. The van der Waals surface area contributed by atoms with Crippen molar-refractivity contribution in [1.29, 1.82) is 0 Å². The van der Waals surface area contributed by atoms with E-state index in [2.05, 4.69) is 14.7 Å². The molecule has 1 fully saturated rings. The number of alkyl halides is 2. The van der Waals surface area contributed by atoms with Crippen LogP contribution < -0.4 is 0 Å². The molecule has 1 aromatic carbocycles. The van der Waals surface area contributed by atoms with Crippen molar-refractivity contribution in [2.24, 2.45) is 0 Å². The Morgan fingerprint density at radius 1 is 1.28 bits per heavy atom. The van der Waals surface area contributed by atoms with Crippen LogP contribution in [0.3, 0.4) is 0 Å². The van der Waals surface area contributed by atoms with E-state index in [9.17, 15) is 13.6 Å². The lowest BCUT2D eigenvalue weighted by Gasteiger charge is -2.25. The summed E-state index contributed by atoms with van der Waals surface area (Å²) in [5, 5.41) is 5.54. The number of hydrogen-bond donors (Lipinski definition) is 0. The molecule has 1 amide bonds. The van der Waals surface area contributed by atoms with Crippen molar-refractivity contribution in [2.75, 3.05) is 13.2 Å². The minimum Gasteiger partial charge on any atom is -0.376 e. The number of rotatable bonds is 7. The van der Waals surface area contributed by atoms with Crippen LogP contribution in [0.4, 0.5) is 8.78 Å². The van der Waals surface area contributed by atoms with Crippen molar-refractivity contribution >= 4 is 17.2 Å². The first kappa shape index (κ1) is 19.7. The minimum atomic E-state index is -2.82. The Morgan fingerprint density at radius 3 is 2.72 bits per heavy atom. The van der Waals surface area contributed by atoms with Gasteiger partial charge in [0.15, 0.2) is 0 Å². The van der Waals surface area contributed by atoms with Crippen molar-refractivity contribution < 1.29 is 22.8 Å². The molecule has 1 saturated heterocycles.